The molecule has 0 heterocycles. The second-order valence-electron chi connectivity index (χ2n) is 13.3. The summed E-state index contributed by atoms with van der Waals surface area (Å²) in [6, 6.07) is 0. The molecule has 3 aliphatic carbocycles. The Morgan fingerprint density at radius 3 is 1.98 bits per heavy atom. The lowest BCUT2D eigenvalue weighted by atomic mass is 9.49. The number of rotatable bonds is 9. The Balaban J connectivity index is 2.26. The Kier molecular flexibility index (Phi) is 10.4. The summed E-state index contributed by atoms with van der Waals surface area (Å²) in [7, 11) is 0. The topological polar surface area (TPSA) is 125 Å². The van der Waals surface area contributed by atoms with Gasteiger partial charge in [-0.15, -0.1) is 0 Å². The highest BCUT2D eigenvalue weighted by Crippen LogP contribution is 2.67. The van der Waals surface area contributed by atoms with Gasteiger partial charge in [-0.2, -0.15) is 0 Å². The van der Waals surface area contributed by atoms with E-state index in [1.165, 1.54) is 13.8 Å². The van der Waals surface area contributed by atoms with Crippen molar-refractivity contribution in [3.8, 4) is 0 Å². The highest BCUT2D eigenvalue weighted by molar-refractivity contribution is 5.70. The van der Waals surface area contributed by atoms with Gasteiger partial charge in [0.1, 0.15) is 24.4 Å². The highest BCUT2D eigenvalue weighted by Gasteiger charge is 2.69. The predicted molar refractivity (Wildman–Crippen MR) is 151 cm³/mol. The van der Waals surface area contributed by atoms with Crippen LogP contribution in [-0.2, 0) is 38.1 Å². The van der Waals surface area contributed by atoms with Gasteiger partial charge < -0.3 is 24.1 Å². The first kappa shape index (κ1) is 33.1. The zero-order valence-corrected chi connectivity index (χ0v) is 26.2. The zero-order valence-electron chi connectivity index (χ0n) is 26.2. The molecule has 2 fully saturated rings. The van der Waals surface area contributed by atoms with E-state index in [-0.39, 0.29) is 36.1 Å². The van der Waals surface area contributed by atoms with Gasteiger partial charge in [0.2, 0.25) is 0 Å². The lowest BCUT2D eigenvalue weighted by Gasteiger charge is -2.57. The molecule has 0 aliphatic heterocycles. The van der Waals surface area contributed by atoms with Gasteiger partial charge in [-0.3, -0.25) is 19.2 Å². The van der Waals surface area contributed by atoms with Crippen molar-refractivity contribution in [2.24, 2.45) is 34.5 Å². The number of aliphatic hydroxyl groups excluding tert-OH is 1. The van der Waals surface area contributed by atoms with Crippen LogP contribution in [0, 0.1) is 34.5 Å². The molecule has 0 spiro atoms. The molecule has 0 amide bonds. The van der Waals surface area contributed by atoms with Crippen molar-refractivity contribution in [3.63, 3.8) is 0 Å². The van der Waals surface area contributed by atoms with E-state index in [2.05, 4.69) is 20.8 Å². The molecular formula is C32H50O9. The third-order valence-electron chi connectivity index (χ3n) is 9.75. The highest BCUT2D eigenvalue weighted by atomic mass is 16.6. The second kappa shape index (κ2) is 12.8. The van der Waals surface area contributed by atoms with Crippen LogP contribution in [0.3, 0.4) is 0 Å². The maximum Gasteiger partial charge on any atom is 0.306 e. The average Bonchev–Trinajstić information content (AvgIpc) is 3.12. The standard InChI is InChI=1S/C32H50O9/c1-10-12-24(35)40-22-15-32(9)23(38-19(6)33)16-31(8)21(27(32)26(22)17(3)4)14-18(5)28(37)29(39-20(7)34)30(31)41-25(36)13-11-2/h14,17,21-23,26-30,37H,10-13,15-16H2,1-9H3. The van der Waals surface area contributed by atoms with Crippen LogP contribution in [0.2, 0.25) is 0 Å². The van der Waals surface area contributed by atoms with Crippen molar-refractivity contribution in [1.29, 1.82) is 0 Å². The van der Waals surface area contributed by atoms with E-state index in [1.54, 1.807) is 6.92 Å². The van der Waals surface area contributed by atoms with E-state index in [4.69, 9.17) is 18.9 Å². The fourth-order valence-corrected chi connectivity index (χ4v) is 8.03. The minimum atomic E-state index is -1.20. The summed E-state index contributed by atoms with van der Waals surface area (Å²) < 4.78 is 24.0. The van der Waals surface area contributed by atoms with Gasteiger partial charge >= 0.3 is 23.9 Å². The first-order valence-electron chi connectivity index (χ1n) is 15.2. The van der Waals surface area contributed by atoms with Crippen molar-refractivity contribution < 1.29 is 43.2 Å². The van der Waals surface area contributed by atoms with Crippen molar-refractivity contribution in [1.82, 2.24) is 0 Å². The number of allylic oxidation sites excluding steroid dienone is 1. The maximum absolute atomic E-state index is 13.0. The molecule has 2 saturated carbocycles. The molecule has 0 bridgehead atoms. The molecule has 9 heteroatoms. The number of hydrogen-bond donors (Lipinski definition) is 1. The molecular weight excluding hydrogens is 528 g/mol. The number of aliphatic hydroxyl groups is 1. The van der Waals surface area contributed by atoms with Gasteiger partial charge in [-0.1, -0.05) is 47.6 Å². The number of ether oxygens (including phenoxy) is 4. The van der Waals surface area contributed by atoms with Gasteiger partial charge in [0.25, 0.3) is 0 Å². The van der Waals surface area contributed by atoms with Gasteiger partial charge in [-0.05, 0) is 55.9 Å². The van der Waals surface area contributed by atoms with Crippen LogP contribution in [-0.4, -0.2) is 59.5 Å². The lowest BCUT2D eigenvalue weighted by molar-refractivity contribution is -0.215. The molecule has 3 aliphatic rings. The Labute approximate surface area is 244 Å². The Hall–Kier alpha value is -2.42. The molecule has 3 rings (SSSR count). The summed E-state index contributed by atoms with van der Waals surface area (Å²) in [6.45, 7) is 16.5. The van der Waals surface area contributed by atoms with Crippen molar-refractivity contribution in [2.75, 3.05) is 0 Å². The van der Waals surface area contributed by atoms with Crippen LogP contribution in [0.25, 0.3) is 0 Å². The van der Waals surface area contributed by atoms with Gasteiger partial charge in [-0.25, -0.2) is 0 Å². The maximum atomic E-state index is 13.0. The first-order chi connectivity index (χ1) is 19.1. The largest absolute Gasteiger partial charge is 0.462 e. The van der Waals surface area contributed by atoms with E-state index in [9.17, 15) is 24.3 Å². The molecule has 0 saturated heterocycles. The third-order valence-corrected chi connectivity index (χ3v) is 9.75. The second-order valence-corrected chi connectivity index (χ2v) is 13.3. The van der Waals surface area contributed by atoms with Crippen molar-refractivity contribution in [3.05, 3.63) is 11.6 Å². The summed E-state index contributed by atoms with van der Waals surface area (Å²) in [4.78, 5) is 50.5. The fraction of sp³-hybridized carbons (Fsp3) is 0.812. The Bertz CT molecular complexity index is 1030. The van der Waals surface area contributed by atoms with Crippen molar-refractivity contribution in [2.45, 2.75) is 131 Å². The van der Waals surface area contributed by atoms with E-state index >= 15 is 0 Å². The summed E-state index contributed by atoms with van der Waals surface area (Å²) in [5.41, 5.74) is -0.839. The average molecular weight is 579 g/mol. The zero-order chi connectivity index (χ0) is 30.9. The normalized spacial score (nSPS) is 38.2. The number of esters is 4. The van der Waals surface area contributed by atoms with Crippen LogP contribution < -0.4 is 0 Å². The van der Waals surface area contributed by atoms with E-state index < -0.39 is 59.3 Å². The van der Waals surface area contributed by atoms with E-state index in [0.717, 1.165) is 0 Å². The quantitative estimate of drug-likeness (QED) is 0.230. The van der Waals surface area contributed by atoms with Gasteiger partial charge in [0, 0.05) is 43.4 Å². The van der Waals surface area contributed by atoms with Crippen LogP contribution in [0.5, 0.6) is 0 Å². The molecule has 41 heavy (non-hydrogen) atoms. The minimum Gasteiger partial charge on any atom is -0.462 e. The first-order valence-corrected chi connectivity index (χ1v) is 15.2. The molecule has 0 aromatic rings. The SMILES string of the molecule is CCCC(=O)OC1CC2(C)C(OC(C)=O)CC3(C)C(C=C(C)C(O)C(OC(C)=O)C3OC(=O)CCC)C2C1C(C)C. The number of fused-ring (bicyclic) bond motifs is 3. The Morgan fingerprint density at radius 1 is 0.902 bits per heavy atom. The smallest absolute Gasteiger partial charge is 0.306 e. The van der Waals surface area contributed by atoms with E-state index in [1.807, 2.05) is 26.8 Å². The molecule has 0 aromatic heterocycles. The molecule has 9 nitrogen and oxygen atoms in total. The molecule has 10 atom stereocenters. The summed E-state index contributed by atoms with van der Waals surface area (Å²) in [5, 5.41) is 11.5. The Morgan fingerprint density at radius 2 is 1.46 bits per heavy atom. The fourth-order valence-electron chi connectivity index (χ4n) is 8.03. The number of hydrogen-bond acceptors (Lipinski definition) is 9. The summed E-state index contributed by atoms with van der Waals surface area (Å²) in [6.07, 6.45) is 0.283. The number of carbonyl (C=O) groups is 4. The predicted octanol–water partition coefficient (Wildman–Crippen LogP) is 4.92. The lowest BCUT2D eigenvalue weighted by Crippen LogP contribution is -2.61. The van der Waals surface area contributed by atoms with E-state index in [0.29, 0.717) is 37.7 Å². The van der Waals surface area contributed by atoms with Gasteiger partial charge in [0.05, 0.1) is 0 Å². The molecule has 10 unspecified atom stereocenters. The minimum absolute atomic E-state index is 0.0954. The molecule has 1 N–H and O–H groups in total. The molecule has 0 aromatic carbocycles. The molecule has 232 valence electrons. The van der Waals surface area contributed by atoms with Crippen LogP contribution in [0.15, 0.2) is 11.6 Å². The van der Waals surface area contributed by atoms with Gasteiger partial charge in [0.15, 0.2) is 6.10 Å². The van der Waals surface area contributed by atoms with Crippen LogP contribution >= 0.6 is 0 Å². The summed E-state index contributed by atoms with van der Waals surface area (Å²) in [5.74, 6) is -2.14. The van der Waals surface area contributed by atoms with Crippen molar-refractivity contribution >= 4 is 23.9 Å². The van der Waals surface area contributed by atoms with Crippen LogP contribution in [0.1, 0.15) is 101 Å². The third kappa shape index (κ3) is 6.50. The molecule has 0 radical (unpaired) electrons. The number of carbonyl (C=O) groups excluding carboxylic acids is 4. The monoisotopic (exact) mass is 578 g/mol. The summed E-state index contributed by atoms with van der Waals surface area (Å²) >= 11 is 0. The van der Waals surface area contributed by atoms with Crippen LogP contribution in [0.4, 0.5) is 0 Å².